The quantitative estimate of drug-likeness (QED) is 0.851. The van der Waals surface area contributed by atoms with Crippen molar-refractivity contribution in [1.29, 1.82) is 0 Å². The van der Waals surface area contributed by atoms with Crippen LogP contribution in [0.2, 0.25) is 0 Å². The summed E-state index contributed by atoms with van der Waals surface area (Å²) in [6, 6.07) is 5.58. The topological polar surface area (TPSA) is 64.8 Å². The van der Waals surface area contributed by atoms with Crippen LogP contribution in [0.1, 0.15) is 32.8 Å². The molecular weight excluding hydrogens is 268 g/mol. The zero-order valence-corrected chi connectivity index (χ0v) is 13.2. The van der Waals surface area contributed by atoms with E-state index in [1.807, 2.05) is 45.9 Å². The molecule has 1 atom stereocenters. The molecule has 0 spiro atoms. The van der Waals surface area contributed by atoms with Crippen molar-refractivity contribution in [2.24, 2.45) is 0 Å². The summed E-state index contributed by atoms with van der Waals surface area (Å²) in [5, 5.41) is 0. The number of carbonyl (C=O) groups excluding carboxylic acids is 1. The van der Waals surface area contributed by atoms with E-state index in [-0.39, 0.29) is 12.2 Å². The summed E-state index contributed by atoms with van der Waals surface area (Å²) in [6.45, 7) is 8.78. The highest BCUT2D eigenvalue weighted by molar-refractivity contribution is 5.68. The maximum Gasteiger partial charge on any atom is 0.410 e. The average molecular weight is 292 g/mol. The van der Waals surface area contributed by atoms with Gasteiger partial charge in [0.25, 0.3) is 0 Å². The lowest BCUT2D eigenvalue weighted by Gasteiger charge is -2.24. The summed E-state index contributed by atoms with van der Waals surface area (Å²) >= 11 is 0. The minimum absolute atomic E-state index is 0.000146. The van der Waals surface area contributed by atoms with Crippen LogP contribution in [-0.4, -0.2) is 35.8 Å². The highest BCUT2D eigenvalue weighted by atomic mass is 16.6. The fourth-order valence-corrected chi connectivity index (χ4v) is 2.30. The summed E-state index contributed by atoms with van der Waals surface area (Å²) in [5.41, 5.74) is 6.99. The van der Waals surface area contributed by atoms with Crippen LogP contribution in [0.5, 0.6) is 5.75 Å². The van der Waals surface area contributed by atoms with E-state index >= 15 is 0 Å². The summed E-state index contributed by atoms with van der Waals surface area (Å²) in [4.78, 5) is 13.7. The van der Waals surface area contributed by atoms with Gasteiger partial charge in [0.2, 0.25) is 0 Å². The van der Waals surface area contributed by atoms with Gasteiger partial charge in [-0.3, -0.25) is 0 Å². The molecule has 5 heteroatoms. The number of benzene rings is 1. The highest BCUT2D eigenvalue weighted by Gasteiger charge is 2.31. The fraction of sp³-hybridized carbons (Fsp3) is 0.562. The number of anilines is 1. The Morgan fingerprint density at radius 1 is 1.38 bits per heavy atom. The van der Waals surface area contributed by atoms with Crippen LogP contribution in [0.4, 0.5) is 10.5 Å². The Morgan fingerprint density at radius 3 is 2.71 bits per heavy atom. The van der Waals surface area contributed by atoms with Gasteiger partial charge in [-0.15, -0.1) is 0 Å². The Bertz CT molecular complexity index is 523. The van der Waals surface area contributed by atoms with Crippen molar-refractivity contribution < 1.29 is 14.3 Å². The van der Waals surface area contributed by atoms with Gasteiger partial charge in [0, 0.05) is 18.7 Å². The van der Waals surface area contributed by atoms with Crippen LogP contribution in [0, 0.1) is 6.92 Å². The fourth-order valence-electron chi connectivity index (χ4n) is 2.30. The second-order valence-corrected chi connectivity index (χ2v) is 6.48. The van der Waals surface area contributed by atoms with Crippen LogP contribution in [0.25, 0.3) is 0 Å². The van der Waals surface area contributed by atoms with Crippen molar-refractivity contribution in [3.05, 3.63) is 23.8 Å². The van der Waals surface area contributed by atoms with Gasteiger partial charge < -0.3 is 20.1 Å². The molecular formula is C16H24N2O3. The van der Waals surface area contributed by atoms with E-state index < -0.39 is 5.60 Å². The molecule has 1 aliphatic rings. The third-order valence-electron chi connectivity index (χ3n) is 3.29. The number of aryl methyl sites for hydroxylation is 1. The third-order valence-corrected chi connectivity index (χ3v) is 3.29. The van der Waals surface area contributed by atoms with Crippen LogP contribution < -0.4 is 10.5 Å². The second kappa shape index (κ2) is 5.84. The summed E-state index contributed by atoms with van der Waals surface area (Å²) in [6.07, 6.45) is 0.533. The SMILES string of the molecule is Cc1cc(N)ccc1OC1CCN(C(=O)OC(C)(C)C)C1. The van der Waals surface area contributed by atoms with E-state index in [0.717, 1.165) is 23.4 Å². The highest BCUT2D eigenvalue weighted by Crippen LogP contribution is 2.24. The first-order chi connectivity index (χ1) is 9.74. The molecule has 5 nitrogen and oxygen atoms in total. The van der Waals surface area contributed by atoms with E-state index in [4.69, 9.17) is 15.2 Å². The van der Waals surface area contributed by atoms with Crippen LogP contribution in [0.15, 0.2) is 18.2 Å². The molecule has 1 aromatic carbocycles. The number of rotatable bonds is 2. The molecule has 0 radical (unpaired) electrons. The molecule has 0 saturated carbocycles. The normalized spacial score (nSPS) is 18.7. The predicted molar refractivity (Wildman–Crippen MR) is 82.4 cm³/mol. The maximum absolute atomic E-state index is 12.0. The van der Waals surface area contributed by atoms with E-state index in [1.54, 1.807) is 4.90 Å². The molecule has 1 aliphatic heterocycles. The average Bonchev–Trinajstić information content (AvgIpc) is 2.79. The van der Waals surface area contributed by atoms with Crippen LogP contribution >= 0.6 is 0 Å². The van der Waals surface area contributed by atoms with Gasteiger partial charge in [-0.25, -0.2) is 4.79 Å². The molecule has 1 fully saturated rings. The lowest BCUT2D eigenvalue weighted by molar-refractivity contribution is 0.0275. The minimum Gasteiger partial charge on any atom is -0.488 e. The maximum atomic E-state index is 12.0. The van der Waals surface area contributed by atoms with Gasteiger partial charge in [0.05, 0.1) is 6.54 Å². The van der Waals surface area contributed by atoms with Gasteiger partial charge in [0.1, 0.15) is 17.5 Å². The molecule has 1 saturated heterocycles. The Balaban J connectivity index is 1.92. The Labute approximate surface area is 126 Å². The summed E-state index contributed by atoms with van der Waals surface area (Å²) < 4.78 is 11.3. The Kier molecular flexibility index (Phi) is 4.30. The van der Waals surface area contributed by atoms with Crippen molar-refractivity contribution in [3.8, 4) is 5.75 Å². The Morgan fingerprint density at radius 2 is 2.10 bits per heavy atom. The molecule has 1 aromatic rings. The molecule has 0 aromatic heterocycles. The molecule has 2 N–H and O–H groups in total. The first kappa shape index (κ1) is 15.5. The smallest absolute Gasteiger partial charge is 0.410 e. The molecule has 116 valence electrons. The number of nitrogens with two attached hydrogens (primary N) is 1. The summed E-state index contributed by atoms with van der Waals surface area (Å²) in [5.74, 6) is 0.820. The number of carbonyl (C=O) groups is 1. The number of ether oxygens (including phenoxy) is 2. The van der Waals surface area contributed by atoms with Crippen molar-refractivity contribution in [3.63, 3.8) is 0 Å². The van der Waals surface area contributed by atoms with Crippen LogP contribution in [-0.2, 0) is 4.74 Å². The number of nitrogens with zero attached hydrogens (tertiary/aromatic N) is 1. The predicted octanol–water partition coefficient (Wildman–Crippen LogP) is 2.97. The molecule has 1 heterocycles. The zero-order valence-electron chi connectivity index (χ0n) is 13.2. The van der Waals surface area contributed by atoms with Gasteiger partial charge in [-0.2, -0.15) is 0 Å². The first-order valence-electron chi connectivity index (χ1n) is 7.25. The Hall–Kier alpha value is -1.91. The van der Waals surface area contributed by atoms with Gasteiger partial charge in [0.15, 0.2) is 0 Å². The van der Waals surface area contributed by atoms with Crippen molar-refractivity contribution in [2.75, 3.05) is 18.8 Å². The molecule has 0 aliphatic carbocycles. The second-order valence-electron chi connectivity index (χ2n) is 6.48. The van der Waals surface area contributed by atoms with E-state index in [2.05, 4.69) is 0 Å². The minimum atomic E-state index is -0.469. The van der Waals surface area contributed by atoms with Crippen LogP contribution in [0.3, 0.4) is 0 Å². The number of hydrogen-bond acceptors (Lipinski definition) is 4. The van der Waals surface area contributed by atoms with E-state index in [9.17, 15) is 4.79 Å². The van der Waals surface area contributed by atoms with Gasteiger partial charge in [-0.05, 0) is 51.5 Å². The molecule has 2 rings (SSSR count). The van der Waals surface area contributed by atoms with E-state index in [1.165, 1.54) is 0 Å². The van der Waals surface area contributed by atoms with Gasteiger partial charge >= 0.3 is 6.09 Å². The number of hydrogen-bond donors (Lipinski definition) is 1. The van der Waals surface area contributed by atoms with Crippen molar-refractivity contribution in [1.82, 2.24) is 4.90 Å². The number of amides is 1. The standard InChI is InChI=1S/C16H24N2O3/c1-11-9-12(17)5-6-14(11)20-13-7-8-18(10-13)15(19)21-16(2,3)4/h5-6,9,13H,7-8,10,17H2,1-4H3. The monoisotopic (exact) mass is 292 g/mol. The molecule has 21 heavy (non-hydrogen) atoms. The largest absolute Gasteiger partial charge is 0.488 e. The summed E-state index contributed by atoms with van der Waals surface area (Å²) in [7, 11) is 0. The lowest BCUT2D eigenvalue weighted by Crippen LogP contribution is -2.36. The van der Waals surface area contributed by atoms with Crippen molar-refractivity contribution in [2.45, 2.75) is 45.8 Å². The van der Waals surface area contributed by atoms with Crippen molar-refractivity contribution >= 4 is 11.8 Å². The van der Waals surface area contributed by atoms with Gasteiger partial charge in [-0.1, -0.05) is 0 Å². The number of likely N-dealkylation sites (tertiary alicyclic amines) is 1. The van der Waals surface area contributed by atoms with E-state index in [0.29, 0.717) is 13.1 Å². The third kappa shape index (κ3) is 4.28. The molecule has 1 unspecified atom stereocenters. The number of nitrogen functional groups attached to an aromatic ring is 1. The molecule has 1 amide bonds. The zero-order chi connectivity index (χ0) is 15.6. The lowest BCUT2D eigenvalue weighted by atomic mass is 10.2. The first-order valence-corrected chi connectivity index (χ1v) is 7.25. The molecule has 0 bridgehead atoms.